The van der Waals surface area contributed by atoms with Crippen molar-refractivity contribution in [1.82, 2.24) is 14.8 Å². The number of aryl methyl sites for hydroxylation is 3. The molecule has 2 aliphatic rings. The standard InChI is InChI=1S/C24H31N3O2/c1-17-6-4-7-20(12-17)14-26-10-5-8-24(15-26)9-11-27(16-24)23(29)21-18(2)13-19(3)25-22(21)28/h4,6-7,12-13H,5,8-11,14-16H2,1-3H3,(H,25,28). The molecule has 1 aromatic heterocycles. The fourth-order valence-electron chi connectivity index (χ4n) is 5.23. The van der Waals surface area contributed by atoms with Gasteiger partial charge >= 0.3 is 0 Å². The quantitative estimate of drug-likeness (QED) is 0.869. The second-order valence-electron chi connectivity index (χ2n) is 9.12. The summed E-state index contributed by atoms with van der Waals surface area (Å²) < 4.78 is 0. The maximum atomic E-state index is 13.1. The number of nitrogens with one attached hydrogen (secondary N) is 1. The zero-order valence-electron chi connectivity index (χ0n) is 17.8. The van der Waals surface area contributed by atoms with Gasteiger partial charge in [-0.05, 0) is 63.8 Å². The van der Waals surface area contributed by atoms with Gasteiger partial charge in [-0.25, -0.2) is 0 Å². The number of rotatable bonds is 3. The summed E-state index contributed by atoms with van der Waals surface area (Å²) in [6.45, 7) is 10.4. The highest BCUT2D eigenvalue weighted by atomic mass is 16.2. The summed E-state index contributed by atoms with van der Waals surface area (Å²) in [5.74, 6) is -0.114. The molecular formula is C24H31N3O2. The number of likely N-dealkylation sites (tertiary alicyclic amines) is 2. The summed E-state index contributed by atoms with van der Waals surface area (Å²) in [7, 11) is 0. The number of hydrogen-bond acceptors (Lipinski definition) is 3. The van der Waals surface area contributed by atoms with Crippen LogP contribution in [0.5, 0.6) is 0 Å². The Bertz CT molecular complexity index is 980. The highest BCUT2D eigenvalue weighted by Crippen LogP contribution is 2.39. The fourth-order valence-corrected chi connectivity index (χ4v) is 5.23. The summed E-state index contributed by atoms with van der Waals surface area (Å²) >= 11 is 0. The lowest BCUT2D eigenvalue weighted by Gasteiger charge is -2.40. The van der Waals surface area contributed by atoms with Gasteiger partial charge in [0, 0.05) is 37.3 Å². The molecule has 1 N–H and O–H groups in total. The Kier molecular flexibility index (Phi) is 5.34. The number of carbonyl (C=O) groups excluding carboxylic acids is 1. The van der Waals surface area contributed by atoms with E-state index in [1.54, 1.807) is 0 Å². The molecule has 1 atom stereocenters. The zero-order valence-corrected chi connectivity index (χ0v) is 17.8. The number of pyridine rings is 1. The molecule has 1 aromatic carbocycles. The molecule has 0 aliphatic carbocycles. The largest absolute Gasteiger partial charge is 0.338 e. The number of piperidine rings is 1. The van der Waals surface area contributed by atoms with Gasteiger partial charge in [-0.1, -0.05) is 29.8 Å². The van der Waals surface area contributed by atoms with E-state index >= 15 is 0 Å². The number of H-pyrrole nitrogens is 1. The molecule has 5 heteroatoms. The number of hydrogen-bond donors (Lipinski definition) is 1. The second-order valence-corrected chi connectivity index (χ2v) is 9.12. The summed E-state index contributed by atoms with van der Waals surface area (Å²) in [5, 5.41) is 0. The van der Waals surface area contributed by atoms with Gasteiger partial charge in [0.1, 0.15) is 5.56 Å². The van der Waals surface area contributed by atoms with Crippen molar-refractivity contribution in [3.63, 3.8) is 0 Å². The molecule has 2 saturated heterocycles. The van der Waals surface area contributed by atoms with Crippen LogP contribution in [0.1, 0.15) is 52.0 Å². The Morgan fingerprint density at radius 2 is 1.93 bits per heavy atom. The fraction of sp³-hybridized carbons (Fsp3) is 0.500. The van der Waals surface area contributed by atoms with E-state index < -0.39 is 0 Å². The molecule has 1 amide bonds. The third-order valence-corrected chi connectivity index (χ3v) is 6.53. The van der Waals surface area contributed by atoms with Gasteiger partial charge in [0.05, 0.1) is 0 Å². The van der Waals surface area contributed by atoms with Crippen LogP contribution in [0.25, 0.3) is 0 Å². The van der Waals surface area contributed by atoms with E-state index in [0.29, 0.717) is 5.56 Å². The van der Waals surface area contributed by atoms with Gasteiger partial charge in [0.25, 0.3) is 11.5 Å². The van der Waals surface area contributed by atoms with E-state index in [-0.39, 0.29) is 16.9 Å². The van der Waals surface area contributed by atoms with E-state index in [2.05, 4.69) is 41.1 Å². The predicted molar refractivity (Wildman–Crippen MR) is 115 cm³/mol. The lowest BCUT2D eigenvalue weighted by atomic mass is 9.79. The van der Waals surface area contributed by atoms with Crippen LogP contribution < -0.4 is 5.56 Å². The molecule has 2 aromatic rings. The molecule has 3 heterocycles. The van der Waals surface area contributed by atoms with E-state index in [1.165, 1.54) is 11.1 Å². The molecule has 154 valence electrons. The van der Waals surface area contributed by atoms with Crippen molar-refractivity contribution < 1.29 is 4.79 Å². The number of nitrogens with zero attached hydrogens (tertiary/aromatic N) is 2. The zero-order chi connectivity index (χ0) is 20.6. The van der Waals surface area contributed by atoms with Crippen LogP contribution in [0.4, 0.5) is 0 Å². The van der Waals surface area contributed by atoms with Crippen molar-refractivity contribution in [3.05, 3.63) is 68.6 Å². The smallest absolute Gasteiger partial charge is 0.261 e. The topological polar surface area (TPSA) is 56.4 Å². The molecule has 5 nitrogen and oxygen atoms in total. The Balaban J connectivity index is 1.47. The molecule has 1 spiro atoms. The van der Waals surface area contributed by atoms with Crippen molar-refractivity contribution >= 4 is 5.91 Å². The minimum absolute atomic E-state index is 0.114. The maximum absolute atomic E-state index is 13.1. The third kappa shape index (κ3) is 4.15. The van der Waals surface area contributed by atoms with Gasteiger partial charge < -0.3 is 9.88 Å². The maximum Gasteiger partial charge on any atom is 0.261 e. The molecular weight excluding hydrogens is 362 g/mol. The SMILES string of the molecule is Cc1cccc(CN2CCCC3(CCN(C(=O)c4c(C)cc(C)[nH]c4=O)C3)C2)c1. The van der Waals surface area contributed by atoms with Crippen molar-refractivity contribution in [2.75, 3.05) is 26.2 Å². The van der Waals surface area contributed by atoms with E-state index in [0.717, 1.165) is 63.2 Å². The summed E-state index contributed by atoms with van der Waals surface area (Å²) in [5.41, 5.74) is 4.41. The Morgan fingerprint density at radius 3 is 2.69 bits per heavy atom. The number of carbonyl (C=O) groups is 1. The van der Waals surface area contributed by atoms with Gasteiger partial charge in [0.2, 0.25) is 0 Å². The van der Waals surface area contributed by atoms with E-state index in [9.17, 15) is 9.59 Å². The van der Waals surface area contributed by atoms with Crippen molar-refractivity contribution in [2.24, 2.45) is 5.41 Å². The van der Waals surface area contributed by atoms with Crippen molar-refractivity contribution in [3.8, 4) is 0 Å². The van der Waals surface area contributed by atoms with Crippen LogP contribution in [0.3, 0.4) is 0 Å². The van der Waals surface area contributed by atoms with Crippen LogP contribution in [-0.2, 0) is 6.54 Å². The summed E-state index contributed by atoms with van der Waals surface area (Å²) in [6, 6.07) is 10.6. The van der Waals surface area contributed by atoms with Gasteiger partial charge in [0.15, 0.2) is 0 Å². The minimum atomic E-state index is -0.266. The van der Waals surface area contributed by atoms with Crippen LogP contribution in [0.15, 0.2) is 35.1 Å². The molecule has 0 radical (unpaired) electrons. The van der Waals surface area contributed by atoms with Gasteiger partial charge in [-0.15, -0.1) is 0 Å². The molecule has 2 aliphatic heterocycles. The first-order valence-electron chi connectivity index (χ1n) is 10.6. The first kappa shape index (κ1) is 19.9. The first-order chi connectivity index (χ1) is 13.8. The molecule has 0 saturated carbocycles. The molecule has 2 fully saturated rings. The van der Waals surface area contributed by atoms with E-state index in [4.69, 9.17) is 0 Å². The van der Waals surface area contributed by atoms with Crippen LogP contribution in [0.2, 0.25) is 0 Å². The Hall–Kier alpha value is -2.40. The van der Waals surface area contributed by atoms with Crippen LogP contribution in [-0.4, -0.2) is 46.9 Å². The normalized spacial score (nSPS) is 22.4. The van der Waals surface area contributed by atoms with Crippen LogP contribution in [0, 0.1) is 26.2 Å². The second kappa shape index (κ2) is 7.79. The van der Waals surface area contributed by atoms with Crippen molar-refractivity contribution in [1.29, 1.82) is 0 Å². The highest BCUT2D eigenvalue weighted by Gasteiger charge is 2.43. The lowest BCUT2D eigenvalue weighted by Crippen LogP contribution is -2.45. The molecule has 1 unspecified atom stereocenters. The third-order valence-electron chi connectivity index (χ3n) is 6.53. The van der Waals surface area contributed by atoms with E-state index in [1.807, 2.05) is 24.8 Å². The van der Waals surface area contributed by atoms with Crippen molar-refractivity contribution in [2.45, 2.75) is 46.6 Å². The highest BCUT2D eigenvalue weighted by molar-refractivity contribution is 5.95. The lowest BCUT2D eigenvalue weighted by molar-refractivity contribution is 0.0673. The Morgan fingerprint density at radius 1 is 1.10 bits per heavy atom. The predicted octanol–water partition coefficient (Wildman–Crippen LogP) is 3.43. The number of aromatic nitrogens is 1. The Labute approximate surface area is 172 Å². The van der Waals surface area contributed by atoms with Gasteiger partial charge in [-0.3, -0.25) is 14.5 Å². The molecule has 0 bridgehead atoms. The average Bonchev–Trinajstić information content (AvgIpc) is 3.04. The summed E-state index contributed by atoms with van der Waals surface area (Å²) in [6.07, 6.45) is 3.34. The number of aromatic amines is 1. The van der Waals surface area contributed by atoms with Gasteiger partial charge in [-0.2, -0.15) is 0 Å². The van der Waals surface area contributed by atoms with Crippen LogP contribution >= 0.6 is 0 Å². The minimum Gasteiger partial charge on any atom is -0.338 e. The number of benzene rings is 1. The molecule has 29 heavy (non-hydrogen) atoms. The average molecular weight is 394 g/mol. The first-order valence-corrected chi connectivity index (χ1v) is 10.6. The number of amides is 1. The monoisotopic (exact) mass is 393 g/mol. The summed E-state index contributed by atoms with van der Waals surface area (Å²) in [4.78, 5) is 32.8. The molecule has 4 rings (SSSR count).